The van der Waals surface area contributed by atoms with Crippen LogP contribution < -0.4 is 5.32 Å². The fourth-order valence-corrected chi connectivity index (χ4v) is 1.84. The first-order chi connectivity index (χ1) is 8.50. The molecule has 1 rings (SSSR count). The number of hydrogen-bond donors (Lipinski definition) is 2. The van der Waals surface area contributed by atoms with Crippen LogP contribution in [0.3, 0.4) is 0 Å². The number of aromatic hydroxyl groups is 1. The van der Waals surface area contributed by atoms with Gasteiger partial charge in [-0.3, -0.25) is 4.79 Å². The molecule has 0 unspecified atom stereocenters. The molecule has 0 spiro atoms. The highest BCUT2D eigenvalue weighted by molar-refractivity contribution is 6.30. The number of unbranched alkanes of at least 4 members (excludes halogenated alkanes) is 1. The molecular weight excluding hydrogens is 250 g/mol. The van der Waals surface area contributed by atoms with Gasteiger partial charge < -0.3 is 10.4 Å². The van der Waals surface area contributed by atoms with Crippen molar-refractivity contribution in [2.24, 2.45) is 5.92 Å². The number of rotatable bonds is 6. The average molecular weight is 270 g/mol. The van der Waals surface area contributed by atoms with Gasteiger partial charge in [0.25, 0.3) is 5.91 Å². The molecular formula is C14H20ClNO2. The Kier molecular flexibility index (Phi) is 5.99. The van der Waals surface area contributed by atoms with E-state index in [9.17, 15) is 9.90 Å². The zero-order valence-electron chi connectivity index (χ0n) is 10.9. The molecule has 2 N–H and O–H groups in total. The molecule has 18 heavy (non-hydrogen) atoms. The highest BCUT2D eigenvalue weighted by Gasteiger charge is 2.10. The Morgan fingerprint density at radius 2 is 2.11 bits per heavy atom. The normalized spacial score (nSPS) is 10.7. The topological polar surface area (TPSA) is 49.3 Å². The van der Waals surface area contributed by atoms with Crippen molar-refractivity contribution >= 4 is 17.5 Å². The number of phenols is 1. The molecule has 4 heteroatoms. The molecule has 0 aromatic heterocycles. The first kappa shape index (κ1) is 14.8. The Morgan fingerprint density at radius 1 is 1.39 bits per heavy atom. The zero-order valence-corrected chi connectivity index (χ0v) is 11.6. The summed E-state index contributed by atoms with van der Waals surface area (Å²) in [6.45, 7) is 5.00. The number of carbonyl (C=O) groups is 1. The van der Waals surface area contributed by atoms with E-state index in [2.05, 4.69) is 19.2 Å². The van der Waals surface area contributed by atoms with Crippen molar-refractivity contribution in [2.75, 3.05) is 6.54 Å². The van der Waals surface area contributed by atoms with E-state index in [1.54, 1.807) is 6.07 Å². The van der Waals surface area contributed by atoms with Crippen LogP contribution in [0, 0.1) is 5.92 Å². The van der Waals surface area contributed by atoms with Gasteiger partial charge in [0.15, 0.2) is 0 Å². The van der Waals surface area contributed by atoms with E-state index in [1.807, 2.05) is 0 Å². The third-order valence-electron chi connectivity index (χ3n) is 2.70. The van der Waals surface area contributed by atoms with Gasteiger partial charge in [-0.15, -0.1) is 0 Å². The Bertz CT molecular complexity index is 405. The summed E-state index contributed by atoms with van der Waals surface area (Å²) in [6.07, 6.45) is 3.23. The Hall–Kier alpha value is -1.22. The lowest BCUT2D eigenvalue weighted by Gasteiger charge is -2.08. The highest BCUT2D eigenvalue weighted by Crippen LogP contribution is 2.21. The quantitative estimate of drug-likeness (QED) is 0.775. The minimum atomic E-state index is -0.256. The van der Waals surface area contributed by atoms with Crippen LogP contribution in [0.2, 0.25) is 5.02 Å². The lowest BCUT2D eigenvalue weighted by Crippen LogP contribution is -2.24. The summed E-state index contributed by atoms with van der Waals surface area (Å²) in [5.41, 5.74) is 0.267. The maximum Gasteiger partial charge on any atom is 0.255 e. The van der Waals surface area contributed by atoms with Gasteiger partial charge in [-0.2, -0.15) is 0 Å². The smallest absolute Gasteiger partial charge is 0.255 e. The number of nitrogens with one attached hydrogen (secondary N) is 1. The second-order valence-corrected chi connectivity index (χ2v) is 5.24. The van der Waals surface area contributed by atoms with Crippen LogP contribution in [0.15, 0.2) is 18.2 Å². The molecule has 0 heterocycles. The van der Waals surface area contributed by atoms with Gasteiger partial charge in [0, 0.05) is 11.6 Å². The van der Waals surface area contributed by atoms with Crippen LogP contribution >= 0.6 is 11.6 Å². The van der Waals surface area contributed by atoms with Gasteiger partial charge in [0.1, 0.15) is 5.75 Å². The Balaban J connectivity index is 2.36. The van der Waals surface area contributed by atoms with Crippen molar-refractivity contribution in [3.8, 4) is 5.75 Å². The Labute approximate surface area is 113 Å². The predicted octanol–water partition coefficient (Wildman–Crippen LogP) is 3.60. The summed E-state index contributed by atoms with van der Waals surface area (Å²) < 4.78 is 0. The molecule has 0 fully saturated rings. The van der Waals surface area contributed by atoms with Gasteiger partial charge in [-0.25, -0.2) is 0 Å². The number of benzene rings is 1. The maximum atomic E-state index is 11.8. The summed E-state index contributed by atoms with van der Waals surface area (Å²) in [5, 5.41) is 12.8. The van der Waals surface area contributed by atoms with Crippen molar-refractivity contribution in [3.05, 3.63) is 28.8 Å². The van der Waals surface area contributed by atoms with Crippen molar-refractivity contribution < 1.29 is 9.90 Å². The van der Waals surface area contributed by atoms with Crippen LogP contribution in [0.1, 0.15) is 43.5 Å². The molecule has 0 atom stereocenters. The van der Waals surface area contributed by atoms with Crippen molar-refractivity contribution in [3.63, 3.8) is 0 Å². The predicted molar refractivity (Wildman–Crippen MR) is 74.1 cm³/mol. The maximum absolute atomic E-state index is 11.8. The van der Waals surface area contributed by atoms with Crippen molar-refractivity contribution in [2.45, 2.75) is 33.1 Å². The lowest BCUT2D eigenvalue weighted by atomic mass is 10.1. The number of halogens is 1. The first-order valence-electron chi connectivity index (χ1n) is 6.27. The fourth-order valence-electron chi connectivity index (χ4n) is 1.67. The van der Waals surface area contributed by atoms with Crippen LogP contribution in [0.5, 0.6) is 5.75 Å². The monoisotopic (exact) mass is 269 g/mol. The highest BCUT2D eigenvalue weighted by atomic mass is 35.5. The Morgan fingerprint density at radius 3 is 2.72 bits per heavy atom. The van der Waals surface area contributed by atoms with Gasteiger partial charge in [0.2, 0.25) is 0 Å². The summed E-state index contributed by atoms with van der Waals surface area (Å²) in [7, 11) is 0. The number of amides is 1. The largest absolute Gasteiger partial charge is 0.507 e. The van der Waals surface area contributed by atoms with E-state index in [4.69, 9.17) is 11.6 Å². The summed E-state index contributed by atoms with van der Waals surface area (Å²) in [4.78, 5) is 11.8. The van der Waals surface area contributed by atoms with Gasteiger partial charge in [-0.1, -0.05) is 38.3 Å². The van der Waals surface area contributed by atoms with E-state index in [0.29, 0.717) is 17.5 Å². The second-order valence-electron chi connectivity index (χ2n) is 4.81. The summed E-state index contributed by atoms with van der Waals surface area (Å²) in [5.74, 6) is 0.358. The van der Waals surface area contributed by atoms with Crippen molar-refractivity contribution in [1.82, 2.24) is 5.32 Å². The van der Waals surface area contributed by atoms with Crippen LogP contribution in [0.25, 0.3) is 0 Å². The van der Waals surface area contributed by atoms with E-state index in [1.165, 1.54) is 18.6 Å². The number of phenolic OH excluding ortho intramolecular Hbond substituents is 1. The summed E-state index contributed by atoms with van der Waals surface area (Å²) >= 11 is 5.71. The van der Waals surface area contributed by atoms with Gasteiger partial charge >= 0.3 is 0 Å². The SMILES string of the molecule is CC(C)CCCCNC(=O)c1ccc(Cl)cc1O. The summed E-state index contributed by atoms with van der Waals surface area (Å²) in [6, 6.07) is 4.49. The minimum absolute atomic E-state index is 0.0813. The lowest BCUT2D eigenvalue weighted by molar-refractivity contribution is 0.0950. The minimum Gasteiger partial charge on any atom is -0.507 e. The zero-order chi connectivity index (χ0) is 13.5. The molecule has 0 aliphatic carbocycles. The van der Waals surface area contributed by atoms with Gasteiger partial charge in [0.05, 0.1) is 5.56 Å². The van der Waals surface area contributed by atoms with E-state index in [-0.39, 0.29) is 17.2 Å². The molecule has 100 valence electrons. The molecule has 0 saturated carbocycles. The molecule has 0 aliphatic rings. The number of carbonyl (C=O) groups excluding carboxylic acids is 1. The molecule has 0 saturated heterocycles. The number of hydrogen-bond acceptors (Lipinski definition) is 2. The molecule has 0 radical (unpaired) electrons. The molecule has 0 aliphatic heterocycles. The molecule has 1 amide bonds. The van der Waals surface area contributed by atoms with E-state index in [0.717, 1.165) is 12.8 Å². The van der Waals surface area contributed by atoms with E-state index >= 15 is 0 Å². The molecule has 1 aromatic rings. The van der Waals surface area contributed by atoms with Crippen LogP contribution in [0.4, 0.5) is 0 Å². The van der Waals surface area contributed by atoms with Crippen LogP contribution in [-0.4, -0.2) is 17.6 Å². The first-order valence-corrected chi connectivity index (χ1v) is 6.65. The van der Waals surface area contributed by atoms with Crippen LogP contribution in [-0.2, 0) is 0 Å². The van der Waals surface area contributed by atoms with Crippen molar-refractivity contribution in [1.29, 1.82) is 0 Å². The average Bonchev–Trinajstić information content (AvgIpc) is 2.27. The van der Waals surface area contributed by atoms with E-state index < -0.39 is 0 Å². The standard InChI is InChI=1S/C14H20ClNO2/c1-10(2)5-3-4-8-16-14(18)12-7-6-11(15)9-13(12)17/h6-7,9-10,17H,3-5,8H2,1-2H3,(H,16,18). The second kappa shape index (κ2) is 7.27. The molecule has 0 bridgehead atoms. The fraction of sp³-hybridized carbons (Fsp3) is 0.500. The third-order valence-corrected chi connectivity index (χ3v) is 2.93. The van der Waals surface area contributed by atoms with Gasteiger partial charge in [-0.05, 0) is 30.5 Å². The molecule has 3 nitrogen and oxygen atoms in total. The third kappa shape index (κ3) is 4.96. The molecule has 1 aromatic carbocycles.